The second-order valence-corrected chi connectivity index (χ2v) is 9.92. The van der Waals surface area contributed by atoms with Crippen LogP contribution in [-0.2, 0) is 16.0 Å². The lowest BCUT2D eigenvalue weighted by Gasteiger charge is -2.48. The van der Waals surface area contributed by atoms with Crippen molar-refractivity contribution in [3.8, 4) is 5.75 Å². The molecule has 1 aromatic rings. The Labute approximate surface area is 190 Å². The van der Waals surface area contributed by atoms with Gasteiger partial charge in [-0.2, -0.15) is 0 Å². The van der Waals surface area contributed by atoms with Crippen LogP contribution in [0.3, 0.4) is 0 Å². The fraction of sp³-hybridized carbons (Fsp3) is 0.542. The molecule has 0 radical (unpaired) electrons. The van der Waals surface area contributed by atoms with Gasteiger partial charge in [-0.15, -0.1) is 11.6 Å². The van der Waals surface area contributed by atoms with Gasteiger partial charge in [0.25, 0.3) is 0 Å². The Morgan fingerprint density at radius 1 is 1.19 bits per heavy atom. The Morgan fingerprint density at radius 3 is 2.34 bits per heavy atom. The predicted molar refractivity (Wildman–Crippen MR) is 123 cm³/mol. The van der Waals surface area contributed by atoms with Gasteiger partial charge in [0, 0.05) is 11.5 Å². The SMILES string of the molecule is C=CC(C)C1(C)Oc2ccccc2CN1/C(=N\C(=O)OC(C)(C)C)NC(=O)OC(C)(C)C. The second kappa shape index (κ2) is 9.22. The average molecular weight is 446 g/mol. The molecule has 0 spiro atoms. The number of fused-ring (bicyclic) bond motifs is 1. The van der Waals surface area contributed by atoms with E-state index in [-0.39, 0.29) is 11.9 Å². The van der Waals surface area contributed by atoms with Gasteiger partial charge < -0.3 is 14.2 Å². The van der Waals surface area contributed by atoms with Crippen LogP contribution in [0.1, 0.15) is 61.0 Å². The van der Waals surface area contributed by atoms with Gasteiger partial charge in [-0.05, 0) is 54.5 Å². The molecule has 1 N–H and O–H groups in total. The molecular weight excluding hydrogens is 410 g/mol. The normalized spacial score (nSPS) is 19.9. The van der Waals surface area contributed by atoms with Crippen molar-refractivity contribution in [3.05, 3.63) is 42.5 Å². The standard InChI is InChI=1S/C24H35N3O5/c1-10-16(2)24(9)27(15-17-13-11-12-14-18(17)30-24)19(25-20(28)31-22(3,4)5)26-21(29)32-23(6,7)8/h10-14,16H,1,15H2,2-9H3,(H,25,26,28,29). The zero-order valence-corrected chi connectivity index (χ0v) is 20.3. The van der Waals surface area contributed by atoms with E-state index in [1.807, 2.05) is 38.1 Å². The molecule has 1 aliphatic rings. The van der Waals surface area contributed by atoms with Gasteiger partial charge in [0.05, 0.1) is 6.54 Å². The number of carbonyl (C=O) groups is 2. The Morgan fingerprint density at radius 2 is 1.78 bits per heavy atom. The monoisotopic (exact) mass is 445 g/mol. The number of hydrogen-bond donors (Lipinski definition) is 1. The Hall–Kier alpha value is -3.03. The van der Waals surface area contributed by atoms with Crippen molar-refractivity contribution in [2.75, 3.05) is 0 Å². The molecule has 8 heteroatoms. The number of hydrogen-bond acceptors (Lipinski definition) is 5. The highest BCUT2D eigenvalue weighted by Gasteiger charge is 2.45. The van der Waals surface area contributed by atoms with Gasteiger partial charge in [0.2, 0.25) is 5.96 Å². The van der Waals surface area contributed by atoms with E-state index in [2.05, 4.69) is 16.9 Å². The van der Waals surface area contributed by atoms with Crippen LogP contribution in [0.2, 0.25) is 0 Å². The predicted octanol–water partition coefficient (Wildman–Crippen LogP) is 5.24. The van der Waals surface area contributed by atoms with Crippen LogP contribution in [0, 0.1) is 5.92 Å². The van der Waals surface area contributed by atoms with E-state index < -0.39 is 29.1 Å². The molecule has 2 rings (SSSR count). The number of nitrogens with zero attached hydrogens (tertiary/aromatic N) is 2. The van der Waals surface area contributed by atoms with E-state index in [0.29, 0.717) is 12.3 Å². The number of aliphatic imine (C=N–C) groups is 1. The molecule has 8 nitrogen and oxygen atoms in total. The highest BCUT2D eigenvalue weighted by Crippen LogP contribution is 2.38. The second-order valence-electron chi connectivity index (χ2n) is 9.92. The van der Waals surface area contributed by atoms with Gasteiger partial charge in [-0.25, -0.2) is 9.59 Å². The largest absolute Gasteiger partial charge is 0.467 e. The van der Waals surface area contributed by atoms with Crippen molar-refractivity contribution >= 4 is 18.1 Å². The lowest BCUT2D eigenvalue weighted by molar-refractivity contribution is -0.0788. The fourth-order valence-corrected chi connectivity index (χ4v) is 3.10. The Balaban J connectivity index is 2.53. The van der Waals surface area contributed by atoms with Crippen molar-refractivity contribution in [1.82, 2.24) is 10.2 Å². The summed E-state index contributed by atoms with van der Waals surface area (Å²) < 4.78 is 17.1. The number of nitrogens with one attached hydrogen (secondary N) is 1. The molecule has 1 aromatic carbocycles. The van der Waals surface area contributed by atoms with Crippen LogP contribution >= 0.6 is 0 Å². The van der Waals surface area contributed by atoms with Crippen molar-refractivity contribution in [1.29, 1.82) is 0 Å². The average Bonchev–Trinajstić information content (AvgIpc) is 2.63. The molecule has 0 saturated heterocycles. The van der Waals surface area contributed by atoms with E-state index in [4.69, 9.17) is 14.2 Å². The maximum atomic E-state index is 12.6. The molecule has 0 bridgehead atoms. The van der Waals surface area contributed by atoms with E-state index in [1.54, 1.807) is 52.5 Å². The summed E-state index contributed by atoms with van der Waals surface area (Å²) in [5.74, 6) is 0.494. The molecule has 2 atom stereocenters. The highest BCUT2D eigenvalue weighted by atomic mass is 16.6. The molecule has 1 aliphatic heterocycles. The first-order chi connectivity index (χ1) is 14.6. The zero-order valence-electron chi connectivity index (χ0n) is 20.3. The first kappa shape index (κ1) is 25.2. The first-order valence-electron chi connectivity index (χ1n) is 10.6. The van der Waals surface area contributed by atoms with E-state index in [0.717, 1.165) is 5.56 Å². The summed E-state index contributed by atoms with van der Waals surface area (Å²) in [6, 6.07) is 7.58. The van der Waals surface area contributed by atoms with Gasteiger partial charge in [-0.1, -0.05) is 31.2 Å². The lowest BCUT2D eigenvalue weighted by atomic mass is 9.94. The maximum absolute atomic E-state index is 12.6. The molecule has 0 fully saturated rings. The molecule has 2 amide bonds. The summed E-state index contributed by atoms with van der Waals surface area (Å²) in [7, 11) is 0. The topological polar surface area (TPSA) is 89.5 Å². The van der Waals surface area contributed by atoms with Gasteiger partial charge in [0.15, 0.2) is 5.72 Å². The minimum Gasteiger partial charge on any atom is -0.467 e. The Bertz CT molecular complexity index is 898. The zero-order chi connectivity index (χ0) is 24.3. The molecule has 0 aromatic heterocycles. The number of ether oxygens (including phenoxy) is 3. The molecule has 0 saturated carbocycles. The van der Waals surface area contributed by atoms with Gasteiger partial charge >= 0.3 is 12.2 Å². The van der Waals surface area contributed by atoms with Crippen molar-refractivity contribution in [3.63, 3.8) is 0 Å². The third kappa shape index (κ3) is 6.48. The van der Waals surface area contributed by atoms with Crippen LogP contribution in [0.5, 0.6) is 5.75 Å². The van der Waals surface area contributed by atoms with E-state index >= 15 is 0 Å². The summed E-state index contributed by atoms with van der Waals surface area (Å²) >= 11 is 0. The summed E-state index contributed by atoms with van der Waals surface area (Å²) in [6.45, 7) is 18.5. The first-order valence-corrected chi connectivity index (χ1v) is 10.6. The highest BCUT2D eigenvalue weighted by molar-refractivity contribution is 5.99. The maximum Gasteiger partial charge on any atom is 0.437 e. The summed E-state index contributed by atoms with van der Waals surface area (Å²) in [5.41, 5.74) is -1.60. The molecular formula is C24H35N3O5. The van der Waals surface area contributed by atoms with E-state index in [9.17, 15) is 9.59 Å². The van der Waals surface area contributed by atoms with Gasteiger partial charge in [-0.3, -0.25) is 10.2 Å². The third-order valence-corrected chi connectivity index (χ3v) is 4.81. The minimum absolute atomic E-state index is 0.0285. The van der Waals surface area contributed by atoms with Crippen LogP contribution in [0.4, 0.5) is 9.59 Å². The van der Waals surface area contributed by atoms with Gasteiger partial charge in [0.1, 0.15) is 17.0 Å². The number of rotatable bonds is 2. The van der Waals surface area contributed by atoms with Crippen LogP contribution in [-0.4, -0.2) is 40.0 Å². The number of guanidine groups is 1. The molecule has 32 heavy (non-hydrogen) atoms. The summed E-state index contributed by atoms with van der Waals surface area (Å²) in [4.78, 5) is 31.0. The molecule has 1 heterocycles. The van der Waals surface area contributed by atoms with Crippen molar-refractivity contribution in [2.45, 2.75) is 78.9 Å². The number of benzene rings is 1. The number of carbonyl (C=O) groups excluding carboxylic acids is 2. The molecule has 176 valence electrons. The minimum atomic E-state index is -0.994. The molecule has 0 aliphatic carbocycles. The summed E-state index contributed by atoms with van der Waals surface area (Å²) in [6.07, 6.45) is 0.169. The number of amides is 2. The van der Waals surface area contributed by atoms with Crippen molar-refractivity contribution < 1.29 is 23.8 Å². The Kier molecular flexibility index (Phi) is 7.27. The summed E-state index contributed by atoms with van der Waals surface area (Å²) in [5, 5.41) is 2.62. The van der Waals surface area contributed by atoms with E-state index in [1.165, 1.54) is 0 Å². The quantitative estimate of drug-likeness (QED) is 0.381. The number of para-hydroxylation sites is 1. The van der Waals surface area contributed by atoms with Crippen LogP contribution in [0.25, 0.3) is 0 Å². The lowest BCUT2D eigenvalue weighted by Crippen LogP contribution is -2.62. The number of alkyl carbamates (subject to hydrolysis) is 1. The molecule has 2 unspecified atom stereocenters. The third-order valence-electron chi connectivity index (χ3n) is 4.81. The van der Waals surface area contributed by atoms with Crippen LogP contribution < -0.4 is 10.1 Å². The van der Waals surface area contributed by atoms with Crippen molar-refractivity contribution in [2.24, 2.45) is 10.9 Å². The fourth-order valence-electron chi connectivity index (χ4n) is 3.10. The smallest absolute Gasteiger partial charge is 0.437 e. The van der Waals surface area contributed by atoms with Crippen LogP contribution in [0.15, 0.2) is 41.9 Å².